The number of pyridine rings is 2. The molecule has 0 aliphatic carbocycles. The Bertz CT molecular complexity index is 1680. The normalized spacial score (nSPS) is 13.5. The van der Waals surface area contributed by atoms with Gasteiger partial charge < -0.3 is 15.0 Å². The van der Waals surface area contributed by atoms with Crippen LogP contribution in [0.1, 0.15) is 17.2 Å². The average Bonchev–Trinajstić information content (AvgIpc) is 3.35. The van der Waals surface area contributed by atoms with Crippen LogP contribution in [-0.4, -0.2) is 53.4 Å². The second-order valence-electron chi connectivity index (χ2n) is 8.67. The molecule has 1 saturated heterocycles. The van der Waals surface area contributed by atoms with Crippen LogP contribution in [0.15, 0.2) is 67.9 Å². The number of hydrogen-bond acceptors (Lipinski definition) is 8. The molecule has 0 unspecified atom stereocenters. The van der Waals surface area contributed by atoms with Crippen molar-refractivity contribution in [1.29, 1.82) is 0 Å². The number of ether oxygens (including phenoxy) is 1. The molecule has 37 heavy (non-hydrogen) atoms. The molecule has 0 atom stereocenters. The highest BCUT2D eigenvalue weighted by Crippen LogP contribution is 2.33. The molecule has 0 bridgehead atoms. The summed E-state index contributed by atoms with van der Waals surface area (Å²) in [5, 5.41) is 7.12. The second kappa shape index (κ2) is 8.94. The third kappa shape index (κ3) is 4.10. The summed E-state index contributed by atoms with van der Waals surface area (Å²) in [5.74, 6) is 0.819. The van der Waals surface area contributed by atoms with Gasteiger partial charge in [-0.1, -0.05) is 6.58 Å². The van der Waals surface area contributed by atoms with Gasteiger partial charge in [0.2, 0.25) is 5.91 Å². The Morgan fingerprint density at radius 2 is 2.03 bits per heavy atom. The summed E-state index contributed by atoms with van der Waals surface area (Å²) in [6.07, 6.45) is 5.88. The van der Waals surface area contributed by atoms with Gasteiger partial charge in [-0.05, 0) is 43.3 Å². The standard InChI is InChI=1S/C26H21FN8O2/c1-3-23(36)34-11-16(12-34)18-4-5-20-25(32-18)26(30-13-28-20)33-19-6-7-21(15(2)24(19)27)37-17-8-9-35-22(10-17)29-14-31-35/h3-10,13-14,16H,1,11-12H2,2H3,(H,28,30,33). The van der Waals surface area contributed by atoms with E-state index >= 15 is 4.39 Å². The van der Waals surface area contributed by atoms with E-state index < -0.39 is 5.82 Å². The van der Waals surface area contributed by atoms with Crippen molar-refractivity contribution < 1.29 is 13.9 Å². The number of aromatic nitrogens is 6. The minimum absolute atomic E-state index is 0.0971. The summed E-state index contributed by atoms with van der Waals surface area (Å²) in [5.41, 5.74) is 3.16. The van der Waals surface area contributed by atoms with Gasteiger partial charge in [-0.3, -0.25) is 4.79 Å². The summed E-state index contributed by atoms with van der Waals surface area (Å²) in [4.78, 5) is 31.0. The first kappa shape index (κ1) is 22.5. The maximum absolute atomic E-state index is 15.4. The number of nitrogens with zero attached hydrogens (tertiary/aromatic N) is 7. The smallest absolute Gasteiger partial charge is 0.245 e. The third-order valence-corrected chi connectivity index (χ3v) is 6.36. The Morgan fingerprint density at radius 1 is 1.16 bits per heavy atom. The van der Waals surface area contributed by atoms with Gasteiger partial charge in [0.25, 0.3) is 0 Å². The quantitative estimate of drug-likeness (QED) is 0.349. The van der Waals surface area contributed by atoms with Crippen molar-refractivity contribution in [3.63, 3.8) is 0 Å². The highest BCUT2D eigenvalue weighted by atomic mass is 19.1. The number of halogens is 1. The van der Waals surface area contributed by atoms with E-state index in [-0.39, 0.29) is 17.5 Å². The molecule has 0 spiro atoms. The first-order valence-electron chi connectivity index (χ1n) is 11.6. The fourth-order valence-corrected chi connectivity index (χ4v) is 4.24. The van der Waals surface area contributed by atoms with E-state index in [9.17, 15) is 4.79 Å². The predicted octanol–water partition coefficient (Wildman–Crippen LogP) is 4.16. The van der Waals surface area contributed by atoms with Crippen LogP contribution in [0.5, 0.6) is 11.5 Å². The molecule has 5 heterocycles. The van der Waals surface area contributed by atoms with Crippen LogP contribution < -0.4 is 10.1 Å². The maximum Gasteiger partial charge on any atom is 0.245 e. The SMILES string of the molecule is C=CC(=O)N1CC(c2ccc3ncnc(Nc4ccc(Oc5ccn6ncnc6c5)c(C)c4F)c3n2)C1. The zero-order valence-electron chi connectivity index (χ0n) is 19.8. The van der Waals surface area contributed by atoms with Gasteiger partial charge in [-0.25, -0.2) is 28.8 Å². The molecular weight excluding hydrogens is 475 g/mol. The van der Waals surface area contributed by atoms with Crippen molar-refractivity contribution in [3.8, 4) is 11.5 Å². The molecule has 0 saturated carbocycles. The number of anilines is 2. The van der Waals surface area contributed by atoms with Gasteiger partial charge in [0.1, 0.15) is 29.7 Å². The van der Waals surface area contributed by atoms with Gasteiger partial charge in [0.05, 0.1) is 11.2 Å². The Balaban J connectivity index is 1.25. The predicted molar refractivity (Wildman–Crippen MR) is 134 cm³/mol. The number of fused-ring (bicyclic) bond motifs is 2. The van der Waals surface area contributed by atoms with Crippen molar-refractivity contribution in [2.75, 3.05) is 18.4 Å². The fourth-order valence-electron chi connectivity index (χ4n) is 4.24. The van der Waals surface area contributed by atoms with Crippen LogP contribution in [0.25, 0.3) is 16.7 Å². The van der Waals surface area contributed by atoms with E-state index in [1.54, 1.807) is 46.8 Å². The lowest BCUT2D eigenvalue weighted by atomic mass is 9.95. The second-order valence-corrected chi connectivity index (χ2v) is 8.67. The highest BCUT2D eigenvalue weighted by Gasteiger charge is 2.31. The Kier molecular flexibility index (Phi) is 5.44. The number of rotatable bonds is 6. The molecular formula is C26H21FN8O2. The zero-order valence-corrected chi connectivity index (χ0v) is 19.8. The Labute approximate surface area is 210 Å². The molecule has 1 aromatic carbocycles. The van der Waals surface area contributed by atoms with Crippen molar-refractivity contribution in [2.45, 2.75) is 12.8 Å². The minimum atomic E-state index is -0.471. The molecule has 1 amide bonds. The average molecular weight is 497 g/mol. The van der Waals surface area contributed by atoms with Gasteiger partial charge in [0, 0.05) is 42.5 Å². The fraction of sp³-hybridized carbons (Fsp3) is 0.154. The van der Waals surface area contributed by atoms with E-state index in [0.717, 1.165) is 5.69 Å². The monoisotopic (exact) mass is 496 g/mol. The first-order valence-corrected chi connectivity index (χ1v) is 11.6. The van der Waals surface area contributed by atoms with Crippen LogP contribution in [0, 0.1) is 12.7 Å². The molecule has 1 fully saturated rings. The Hall–Kier alpha value is -4.93. The van der Waals surface area contributed by atoms with Gasteiger partial charge in [-0.2, -0.15) is 5.10 Å². The zero-order chi connectivity index (χ0) is 25.5. The van der Waals surface area contributed by atoms with E-state index in [4.69, 9.17) is 9.72 Å². The number of likely N-dealkylation sites (tertiary alicyclic amines) is 1. The molecule has 4 aromatic heterocycles. The lowest BCUT2D eigenvalue weighted by Crippen LogP contribution is -2.48. The Morgan fingerprint density at radius 3 is 2.86 bits per heavy atom. The molecule has 1 aliphatic heterocycles. The third-order valence-electron chi connectivity index (χ3n) is 6.36. The molecule has 11 heteroatoms. The highest BCUT2D eigenvalue weighted by molar-refractivity contribution is 5.88. The molecule has 6 rings (SSSR count). The van der Waals surface area contributed by atoms with E-state index in [1.807, 2.05) is 12.1 Å². The van der Waals surface area contributed by atoms with Crippen molar-refractivity contribution in [3.05, 3.63) is 85.0 Å². The van der Waals surface area contributed by atoms with Crippen LogP contribution >= 0.6 is 0 Å². The van der Waals surface area contributed by atoms with E-state index in [0.29, 0.717) is 52.7 Å². The van der Waals surface area contributed by atoms with Gasteiger partial charge >= 0.3 is 0 Å². The number of carbonyl (C=O) groups is 1. The van der Waals surface area contributed by atoms with Crippen LogP contribution in [0.2, 0.25) is 0 Å². The van der Waals surface area contributed by atoms with Crippen molar-refractivity contribution in [1.82, 2.24) is 34.4 Å². The summed E-state index contributed by atoms with van der Waals surface area (Å²) in [6.45, 7) is 6.31. The molecule has 1 aliphatic rings. The van der Waals surface area contributed by atoms with Crippen molar-refractivity contribution in [2.24, 2.45) is 0 Å². The van der Waals surface area contributed by atoms with Crippen LogP contribution in [-0.2, 0) is 4.79 Å². The molecule has 1 N–H and O–H groups in total. The number of carbonyl (C=O) groups excluding carboxylic acids is 1. The van der Waals surface area contributed by atoms with Crippen LogP contribution in [0.3, 0.4) is 0 Å². The summed E-state index contributed by atoms with van der Waals surface area (Å²) in [6, 6.07) is 10.5. The number of benzene rings is 1. The lowest BCUT2D eigenvalue weighted by Gasteiger charge is -2.38. The number of nitrogens with one attached hydrogen (secondary N) is 1. The largest absolute Gasteiger partial charge is 0.457 e. The molecule has 10 nitrogen and oxygen atoms in total. The van der Waals surface area contributed by atoms with Gasteiger partial charge in [-0.15, -0.1) is 0 Å². The van der Waals surface area contributed by atoms with Crippen molar-refractivity contribution >= 4 is 34.1 Å². The minimum Gasteiger partial charge on any atom is -0.457 e. The summed E-state index contributed by atoms with van der Waals surface area (Å²) in [7, 11) is 0. The maximum atomic E-state index is 15.4. The summed E-state index contributed by atoms with van der Waals surface area (Å²) >= 11 is 0. The first-order chi connectivity index (χ1) is 18.0. The molecule has 0 radical (unpaired) electrons. The van der Waals surface area contributed by atoms with E-state index in [1.165, 1.54) is 18.7 Å². The molecule has 5 aromatic rings. The number of amides is 1. The lowest BCUT2D eigenvalue weighted by molar-refractivity contribution is -0.130. The topological polar surface area (TPSA) is 110 Å². The number of hydrogen-bond donors (Lipinski definition) is 1. The summed E-state index contributed by atoms with van der Waals surface area (Å²) < 4.78 is 22.9. The molecule has 184 valence electrons. The van der Waals surface area contributed by atoms with E-state index in [2.05, 4.69) is 31.9 Å². The van der Waals surface area contributed by atoms with Gasteiger partial charge in [0.15, 0.2) is 17.3 Å². The van der Waals surface area contributed by atoms with Crippen LogP contribution in [0.4, 0.5) is 15.9 Å².